The maximum absolute atomic E-state index is 6.70. The Balaban J connectivity index is 1.30. The Hall–Kier alpha value is -5.80. The Morgan fingerprint density at radius 1 is 0.477 bits per heavy atom. The van der Waals surface area contributed by atoms with Gasteiger partial charge in [-0.3, -0.25) is 0 Å². The van der Waals surface area contributed by atoms with Gasteiger partial charge < -0.3 is 4.42 Å². The van der Waals surface area contributed by atoms with Crippen molar-refractivity contribution in [3.63, 3.8) is 0 Å². The summed E-state index contributed by atoms with van der Waals surface area (Å²) in [6, 6.07) is 51.5. The summed E-state index contributed by atoms with van der Waals surface area (Å²) in [5.74, 6) is 1.66. The molecule has 2 aromatic heterocycles. The van der Waals surface area contributed by atoms with Gasteiger partial charge in [0.1, 0.15) is 11.3 Å². The molecule has 3 nitrogen and oxygen atoms in total. The van der Waals surface area contributed by atoms with Gasteiger partial charge in [-0.25, -0.2) is 9.97 Å². The molecule has 204 valence electrons. The van der Waals surface area contributed by atoms with Crippen LogP contribution in [-0.2, 0) is 5.41 Å². The van der Waals surface area contributed by atoms with E-state index >= 15 is 0 Å². The lowest BCUT2D eigenvalue weighted by Gasteiger charge is -2.30. The summed E-state index contributed by atoms with van der Waals surface area (Å²) in [6.45, 7) is 0. The van der Waals surface area contributed by atoms with Crippen molar-refractivity contribution in [3.8, 4) is 45.1 Å². The van der Waals surface area contributed by atoms with Crippen molar-refractivity contribution >= 4 is 21.9 Å². The van der Waals surface area contributed by atoms with Gasteiger partial charge in [0, 0.05) is 33.0 Å². The van der Waals surface area contributed by atoms with Gasteiger partial charge in [0.05, 0.1) is 16.6 Å². The lowest BCUT2D eigenvalue weighted by atomic mass is 9.70. The lowest BCUT2D eigenvalue weighted by Crippen LogP contribution is -2.25. The topological polar surface area (TPSA) is 38.9 Å². The molecule has 8 aromatic rings. The number of furan rings is 1. The number of benzene rings is 6. The van der Waals surface area contributed by atoms with Gasteiger partial charge in [-0.1, -0.05) is 127 Å². The Labute approximate surface area is 254 Å². The third-order valence-electron chi connectivity index (χ3n) is 9.50. The molecule has 0 bridgehead atoms. The van der Waals surface area contributed by atoms with E-state index in [4.69, 9.17) is 14.4 Å². The van der Waals surface area contributed by atoms with E-state index in [1.165, 1.54) is 33.4 Å². The van der Waals surface area contributed by atoms with Gasteiger partial charge in [-0.15, -0.1) is 0 Å². The Bertz CT molecular complexity index is 2410. The fourth-order valence-corrected chi connectivity index (χ4v) is 7.75. The van der Waals surface area contributed by atoms with Crippen molar-refractivity contribution in [2.24, 2.45) is 0 Å². The molecule has 0 aliphatic heterocycles. The first kappa shape index (κ1) is 23.7. The van der Waals surface area contributed by atoms with Crippen molar-refractivity contribution in [1.29, 1.82) is 0 Å². The van der Waals surface area contributed by atoms with Gasteiger partial charge in [0.15, 0.2) is 5.82 Å². The Kier molecular flexibility index (Phi) is 4.65. The van der Waals surface area contributed by atoms with Crippen molar-refractivity contribution in [2.45, 2.75) is 5.41 Å². The summed E-state index contributed by atoms with van der Waals surface area (Å²) in [6.07, 6.45) is 0. The van der Waals surface area contributed by atoms with Gasteiger partial charge in [0.25, 0.3) is 0 Å². The van der Waals surface area contributed by atoms with Crippen LogP contribution in [0.15, 0.2) is 150 Å². The first-order chi connectivity index (χ1) is 21.8. The fraction of sp³-hybridized carbons (Fsp3) is 0.0244. The van der Waals surface area contributed by atoms with E-state index in [1.54, 1.807) is 0 Å². The number of fused-ring (bicyclic) bond motifs is 13. The molecule has 0 amide bonds. The summed E-state index contributed by atoms with van der Waals surface area (Å²) < 4.78 is 6.70. The SMILES string of the molecule is c1ccc(-c2nc(-c3ccc4c(c3)C3(c5ccccc5-c5ccccc53)c3c-4oc4ccccc34)nc3ccccc23)cc1. The van der Waals surface area contributed by atoms with Crippen LogP contribution in [0.2, 0.25) is 0 Å². The molecule has 1 spiro atoms. The molecule has 0 atom stereocenters. The number of para-hydroxylation sites is 2. The molecule has 0 fully saturated rings. The standard InChI is InChI=1S/C41H24N2O/c1-2-12-25(13-3-1)38-30-16-6-10-20-35(30)42-40(43-38)26-22-23-29-34(24-26)41(37-31-17-7-11-21-36(31)44-39(29)37)32-18-8-4-14-27(32)28-15-5-9-19-33(28)41/h1-24H. The van der Waals surface area contributed by atoms with Crippen molar-refractivity contribution in [2.75, 3.05) is 0 Å². The fourth-order valence-electron chi connectivity index (χ4n) is 7.75. The molecule has 6 aromatic carbocycles. The molecule has 2 aliphatic carbocycles. The van der Waals surface area contributed by atoms with Gasteiger partial charge in [0.2, 0.25) is 0 Å². The highest BCUT2D eigenvalue weighted by molar-refractivity contribution is 6.02. The molecule has 0 radical (unpaired) electrons. The van der Waals surface area contributed by atoms with Crippen LogP contribution >= 0.6 is 0 Å². The predicted molar refractivity (Wildman–Crippen MR) is 176 cm³/mol. The van der Waals surface area contributed by atoms with Crippen LogP contribution < -0.4 is 0 Å². The van der Waals surface area contributed by atoms with Crippen LogP contribution in [0.3, 0.4) is 0 Å². The molecule has 0 unspecified atom stereocenters. The normalized spacial score (nSPS) is 13.6. The van der Waals surface area contributed by atoms with Gasteiger partial charge >= 0.3 is 0 Å². The maximum atomic E-state index is 6.70. The van der Waals surface area contributed by atoms with E-state index in [-0.39, 0.29) is 0 Å². The zero-order valence-electron chi connectivity index (χ0n) is 23.7. The van der Waals surface area contributed by atoms with E-state index in [1.807, 2.05) is 12.1 Å². The minimum absolute atomic E-state index is 0.514. The second kappa shape index (κ2) is 8.62. The molecule has 0 N–H and O–H groups in total. The van der Waals surface area contributed by atoms with Crippen molar-refractivity contribution < 1.29 is 4.42 Å². The van der Waals surface area contributed by atoms with Crippen molar-refractivity contribution in [1.82, 2.24) is 9.97 Å². The highest BCUT2D eigenvalue weighted by atomic mass is 16.3. The number of hydrogen-bond donors (Lipinski definition) is 0. The molecule has 0 saturated heterocycles. The summed E-state index contributed by atoms with van der Waals surface area (Å²) >= 11 is 0. The minimum Gasteiger partial charge on any atom is -0.456 e. The molecule has 10 rings (SSSR count). The largest absolute Gasteiger partial charge is 0.456 e. The van der Waals surface area contributed by atoms with Crippen molar-refractivity contribution in [3.05, 3.63) is 168 Å². The summed E-state index contributed by atoms with van der Waals surface area (Å²) in [4.78, 5) is 10.3. The van der Waals surface area contributed by atoms with Crippen LogP contribution in [0.4, 0.5) is 0 Å². The summed E-state index contributed by atoms with van der Waals surface area (Å²) in [7, 11) is 0. The molecule has 2 aliphatic rings. The van der Waals surface area contributed by atoms with Gasteiger partial charge in [-0.2, -0.15) is 0 Å². The first-order valence-corrected chi connectivity index (χ1v) is 15.0. The van der Waals surface area contributed by atoms with Crippen LogP contribution in [0.5, 0.6) is 0 Å². The Morgan fingerprint density at radius 3 is 1.93 bits per heavy atom. The Morgan fingerprint density at radius 2 is 1.14 bits per heavy atom. The van der Waals surface area contributed by atoms with Crippen LogP contribution in [0, 0.1) is 0 Å². The highest BCUT2D eigenvalue weighted by Gasteiger charge is 2.54. The highest BCUT2D eigenvalue weighted by Crippen LogP contribution is 2.65. The summed E-state index contributed by atoms with van der Waals surface area (Å²) in [5, 5.41) is 2.20. The maximum Gasteiger partial charge on any atom is 0.160 e. The summed E-state index contributed by atoms with van der Waals surface area (Å²) in [5.41, 5.74) is 13.0. The monoisotopic (exact) mass is 560 g/mol. The zero-order valence-corrected chi connectivity index (χ0v) is 23.7. The number of nitrogens with zero attached hydrogens (tertiary/aromatic N) is 2. The van der Waals surface area contributed by atoms with E-state index in [9.17, 15) is 0 Å². The first-order valence-electron chi connectivity index (χ1n) is 15.0. The molecule has 3 heteroatoms. The smallest absolute Gasteiger partial charge is 0.160 e. The third-order valence-corrected chi connectivity index (χ3v) is 9.50. The second-order valence-electron chi connectivity index (χ2n) is 11.7. The minimum atomic E-state index is -0.514. The second-order valence-corrected chi connectivity index (χ2v) is 11.7. The number of rotatable bonds is 2. The zero-order chi connectivity index (χ0) is 28.8. The van der Waals surface area contributed by atoms with E-state index < -0.39 is 5.41 Å². The van der Waals surface area contributed by atoms with Crippen LogP contribution in [0.25, 0.3) is 67.0 Å². The van der Waals surface area contributed by atoms with Crippen LogP contribution in [-0.4, -0.2) is 9.97 Å². The predicted octanol–water partition coefficient (Wildman–Crippen LogP) is 10.1. The third kappa shape index (κ3) is 2.96. The molecule has 44 heavy (non-hydrogen) atoms. The lowest BCUT2D eigenvalue weighted by molar-refractivity contribution is 0.628. The average molecular weight is 561 g/mol. The molecule has 2 heterocycles. The van der Waals surface area contributed by atoms with E-state index in [0.29, 0.717) is 5.82 Å². The number of hydrogen-bond acceptors (Lipinski definition) is 3. The number of aromatic nitrogens is 2. The van der Waals surface area contributed by atoms with Crippen LogP contribution in [0.1, 0.15) is 22.3 Å². The van der Waals surface area contributed by atoms with Gasteiger partial charge in [-0.05, 0) is 46.0 Å². The molecular formula is C41H24N2O. The van der Waals surface area contributed by atoms with E-state index in [0.717, 1.165) is 50.0 Å². The average Bonchev–Trinajstić information content (AvgIpc) is 3.71. The quantitative estimate of drug-likeness (QED) is 0.211. The molecule has 0 saturated carbocycles. The molecular weight excluding hydrogens is 536 g/mol. The van der Waals surface area contributed by atoms with E-state index in [2.05, 4.69) is 133 Å².